The van der Waals surface area contributed by atoms with E-state index in [1.165, 1.54) is 22.3 Å². The molecule has 80 valence electrons. The Morgan fingerprint density at radius 3 is 2.12 bits per heavy atom. The summed E-state index contributed by atoms with van der Waals surface area (Å²) < 4.78 is 0. The minimum Gasteiger partial charge on any atom is -0.0758 e. The summed E-state index contributed by atoms with van der Waals surface area (Å²) in [6.07, 6.45) is 2.22. The van der Waals surface area contributed by atoms with E-state index in [0.717, 1.165) is 0 Å². The predicted molar refractivity (Wildman–Crippen MR) is 71.2 cm³/mol. The summed E-state index contributed by atoms with van der Waals surface area (Å²) in [5, 5.41) is 0. The molecule has 0 bridgehead atoms. The van der Waals surface area contributed by atoms with E-state index in [1.54, 1.807) is 0 Å². The van der Waals surface area contributed by atoms with Crippen LogP contribution in [0.1, 0.15) is 19.4 Å². The summed E-state index contributed by atoms with van der Waals surface area (Å²) in [7, 11) is 0. The van der Waals surface area contributed by atoms with Gasteiger partial charge in [-0.3, -0.25) is 0 Å². The van der Waals surface area contributed by atoms with E-state index in [1.807, 2.05) is 6.07 Å². The Labute approximate surface area is 97.3 Å². The molecular weight excluding hydrogens is 192 g/mol. The van der Waals surface area contributed by atoms with Gasteiger partial charge in [0.2, 0.25) is 0 Å². The molecule has 0 heterocycles. The van der Waals surface area contributed by atoms with E-state index >= 15 is 0 Å². The molecule has 0 unspecified atom stereocenters. The normalized spacial score (nSPS) is 9.88. The van der Waals surface area contributed by atoms with Crippen molar-refractivity contribution in [3.63, 3.8) is 0 Å². The molecule has 0 N–H and O–H groups in total. The predicted octanol–water partition coefficient (Wildman–Crippen LogP) is 4.78. The van der Waals surface area contributed by atoms with Gasteiger partial charge in [-0.15, -0.1) is 0 Å². The Morgan fingerprint density at radius 1 is 0.812 bits per heavy atom. The molecule has 2 aromatic carbocycles. The SMILES string of the molecule is CC(C)=Cc1ccccc1-c1ccccc1. The third kappa shape index (κ3) is 2.40. The molecular formula is C16H16. The Balaban J connectivity index is 2.53. The Bertz CT molecular complexity index is 488. The molecule has 0 heteroatoms. The van der Waals surface area contributed by atoms with Crippen LogP contribution < -0.4 is 0 Å². The summed E-state index contributed by atoms with van der Waals surface area (Å²) in [5.41, 5.74) is 5.18. The molecule has 16 heavy (non-hydrogen) atoms. The third-order valence-corrected chi connectivity index (χ3v) is 2.49. The highest BCUT2D eigenvalue weighted by molar-refractivity contribution is 5.75. The fraction of sp³-hybridized carbons (Fsp3) is 0.125. The van der Waals surface area contributed by atoms with Crippen LogP contribution in [0.25, 0.3) is 17.2 Å². The molecule has 0 aliphatic rings. The molecule has 0 saturated heterocycles. The van der Waals surface area contributed by atoms with Gasteiger partial charge < -0.3 is 0 Å². The van der Waals surface area contributed by atoms with E-state index in [4.69, 9.17) is 0 Å². The lowest BCUT2D eigenvalue weighted by atomic mass is 9.98. The van der Waals surface area contributed by atoms with Crippen LogP contribution in [0.2, 0.25) is 0 Å². The van der Waals surface area contributed by atoms with E-state index in [-0.39, 0.29) is 0 Å². The van der Waals surface area contributed by atoms with Crippen LogP contribution in [-0.2, 0) is 0 Å². The molecule has 0 radical (unpaired) electrons. The lowest BCUT2D eigenvalue weighted by Gasteiger charge is -2.06. The molecule has 0 atom stereocenters. The number of benzene rings is 2. The van der Waals surface area contributed by atoms with Crippen LogP contribution in [0.3, 0.4) is 0 Å². The highest BCUT2D eigenvalue weighted by atomic mass is 14.0. The van der Waals surface area contributed by atoms with Crippen molar-refractivity contribution in [2.24, 2.45) is 0 Å². The van der Waals surface area contributed by atoms with Gasteiger partial charge in [-0.05, 0) is 30.5 Å². The molecule has 2 rings (SSSR count). The summed E-state index contributed by atoms with van der Waals surface area (Å²) >= 11 is 0. The first-order chi connectivity index (χ1) is 7.77. The lowest BCUT2D eigenvalue weighted by Crippen LogP contribution is -1.82. The first-order valence-corrected chi connectivity index (χ1v) is 5.57. The zero-order valence-corrected chi connectivity index (χ0v) is 9.77. The van der Waals surface area contributed by atoms with E-state index in [9.17, 15) is 0 Å². The van der Waals surface area contributed by atoms with Crippen molar-refractivity contribution < 1.29 is 0 Å². The first-order valence-electron chi connectivity index (χ1n) is 5.57. The Kier molecular flexibility index (Phi) is 3.21. The molecule has 0 amide bonds. The smallest absolute Gasteiger partial charge is 0.0111 e. The van der Waals surface area contributed by atoms with E-state index < -0.39 is 0 Å². The molecule has 0 nitrogen and oxygen atoms in total. The highest BCUT2D eigenvalue weighted by Crippen LogP contribution is 2.24. The van der Waals surface area contributed by atoms with Crippen LogP contribution >= 0.6 is 0 Å². The molecule has 2 aromatic rings. The van der Waals surface area contributed by atoms with Gasteiger partial charge in [0.05, 0.1) is 0 Å². The quantitative estimate of drug-likeness (QED) is 0.666. The minimum absolute atomic E-state index is 1.27. The largest absolute Gasteiger partial charge is 0.0758 e. The molecule has 0 aliphatic carbocycles. The molecule has 0 aliphatic heterocycles. The van der Waals surface area contributed by atoms with Gasteiger partial charge in [0, 0.05) is 0 Å². The Morgan fingerprint density at radius 2 is 1.44 bits per heavy atom. The standard InChI is InChI=1S/C16H16/c1-13(2)12-15-10-6-7-11-16(15)14-8-4-3-5-9-14/h3-12H,1-2H3. The fourth-order valence-corrected chi connectivity index (χ4v) is 1.81. The Hall–Kier alpha value is -1.82. The average molecular weight is 208 g/mol. The first kappa shape index (κ1) is 10.7. The zero-order valence-electron chi connectivity index (χ0n) is 9.77. The van der Waals surface area contributed by atoms with Crippen molar-refractivity contribution in [1.82, 2.24) is 0 Å². The van der Waals surface area contributed by atoms with Gasteiger partial charge in [-0.2, -0.15) is 0 Å². The maximum atomic E-state index is 2.22. The van der Waals surface area contributed by atoms with Crippen LogP contribution in [0.4, 0.5) is 0 Å². The fourth-order valence-electron chi connectivity index (χ4n) is 1.81. The summed E-state index contributed by atoms with van der Waals surface area (Å²) in [6, 6.07) is 19.0. The molecule has 0 fully saturated rings. The van der Waals surface area contributed by atoms with Crippen molar-refractivity contribution in [2.45, 2.75) is 13.8 Å². The second-order valence-corrected chi connectivity index (χ2v) is 4.17. The van der Waals surface area contributed by atoms with Gasteiger partial charge in [-0.25, -0.2) is 0 Å². The van der Waals surface area contributed by atoms with Crippen molar-refractivity contribution in [3.8, 4) is 11.1 Å². The van der Waals surface area contributed by atoms with Crippen molar-refractivity contribution in [3.05, 3.63) is 65.7 Å². The molecule has 0 spiro atoms. The second kappa shape index (κ2) is 4.80. The number of hydrogen-bond acceptors (Lipinski definition) is 0. The summed E-state index contributed by atoms with van der Waals surface area (Å²) in [4.78, 5) is 0. The highest BCUT2D eigenvalue weighted by Gasteiger charge is 2.00. The monoisotopic (exact) mass is 208 g/mol. The lowest BCUT2D eigenvalue weighted by molar-refractivity contribution is 1.42. The van der Waals surface area contributed by atoms with Gasteiger partial charge in [-0.1, -0.05) is 66.2 Å². The zero-order chi connectivity index (χ0) is 11.4. The van der Waals surface area contributed by atoms with Crippen molar-refractivity contribution in [1.29, 1.82) is 0 Å². The molecule has 0 saturated carbocycles. The van der Waals surface area contributed by atoms with E-state index in [2.05, 4.69) is 68.5 Å². The summed E-state index contributed by atoms with van der Waals surface area (Å²) in [6.45, 7) is 4.25. The maximum absolute atomic E-state index is 2.22. The van der Waals surface area contributed by atoms with E-state index in [0.29, 0.717) is 0 Å². The van der Waals surface area contributed by atoms with Gasteiger partial charge in [0.1, 0.15) is 0 Å². The number of rotatable bonds is 2. The number of hydrogen-bond donors (Lipinski definition) is 0. The summed E-state index contributed by atoms with van der Waals surface area (Å²) in [5.74, 6) is 0. The van der Waals surface area contributed by atoms with Crippen LogP contribution in [0.15, 0.2) is 60.2 Å². The average Bonchev–Trinajstić information content (AvgIpc) is 2.30. The third-order valence-electron chi connectivity index (χ3n) is 2.49. The van der Waals surface area contributed by atoms with Gasteiger partial charge in [0.15, 0.2) is 0 Å². The van der Waals surface area contributed by atoms with Crippen molar-refractivity contribution in [2.75, 3.05) is 0 Å². The van der Waals surface area contributed by atoms with Gasteiger partial charge >= 0.3 is 0 Å². The molecule has 0 aromatic heterocycles. The van der Waals surface area contributed by atoms with Crippen LogP contribution in [0.5, 0.6) is 0 Å². The minimum atomic E-state index is 1.27. The van der Waals surface area contributed by atoms with Crippen LogP contribution in [0, 0.1) is 0 Å². The van der Waals surface area contributed by atoms with Crippen molar-refractivity contribution >= 4 is 6.08 Å². The topological polar surface area (TPSA) is 0 Å². The second-order valence-electron chi connectivity index (χ2n) is 4.17. The van der Waals surface area contributed by atoms with Gasteiger partial charge in [0.25, 0.3) is 0 Å². The van der Waals surface area contributed by atoms with Crippen LogP contribution in [-0.4, -0.2) is 0 Å². The number of allylic oxidation sites excluding steroid dienone is 1. The maximum Gasteiger partial charge on any atom is -0.0111 e.